The van der Waals surface area contributed by atoms with Gasteiger partial charge in [-0.1, -0.05) is 19.3 Å². The molecule has 12 N–H and O–H groups in total. The maximum Gasteiger partial charge on any atom is 0.326 e. The van der Waals surface area contributed by atoms with Crippen LogP contribution in [-0.4, -0.2) is 139 Å². The molecule has 60 heavy (non-hydrogen) atoms. The highest BCUT2D eigenvalue weighted by Gasteiger charge is 2.42. The number of aliphatic carboxylic acids is 4. The largest absolute Gasteiger partial charge is 0.481 e. The van der Waals surface area contributed by atoms with E-state index in [0.717, 1.165) is 37.9 Å². The van der Waals surface area contributed by atoms with Gasteiger partial charge < -0.3 is 57.2 Å². The van der Waals surface area contributed by atoms with Crippen LogP contribution in [0.5, 0.6) is 0 Å². The molecule has 2 aliphatic heterocycles. The summed E-state index contributed by atoms with van der Waals surface area (Å²) in [5.74, 6) is -6.64. The predicted octanol–water partition coefficient (Wildman–Crippen LogP) is 0.468. The van der Waals surface area contributed by atoms with Crippen LogP contribution in [-0.2, 0) is 42.9 Å². The number of carboxylic acid groups (broad SMARTS) is 4. The highest BCUT2D eigenvalue weighted by Crippen LogP contribution is 2.38. The van der Waals surface area contributed by atoms with Gasteiger partial charge in [0, 0.05) is 62.4 Å². The monoisotopic (exact) mass is 893 g/mol. The van der Waals surface area contributed by atoms with Gasteiger partial charge in [0.05, 0.1) is 12.1 Å². The van der Waals surface area contributed by atoms with Crippen LogP contribution in [0.25, 0.3) is 0 Å². The Balaban J connectivity index is 1.52. The predicted molar refractivity (Wildman–Crippen MR) is 216 cm³/mol. The fraction of sp³-hybridized carbons (Fsp3) is 0.750. The molecule has 340 valence electrons. The van der Waals surface area contributed by atoms with Crippen LogP contribution in [0.1, 0.15) is 109 Å². The molecule has 2 aliphatic rings. The minimum absolute atomic E-state index is 0.00659. The van der Waals surface area contributed by atoms with Crippen molar-refractivity contribution in [2.75, 3.05) is 25.0 Å². The summed E-state index contributed by atoms with van der Waals surface area (Å²) < 4.78 is 12.5. The number of carbonyl (C=O) groups is 9. The number of urea groups is 1. The molecule has 7 atom stereocenters. The van der Waals surface area contributed by atoms with Crippen LogP contribution in [0.3, 0.4) is 0 Å². The summed E-state index contributed by atoms with van der Waals surface area (Å²) in [5, 5.41) is 55.3. The van der Waals surface area contributed by atoms with Crippen molar-refractivity contribution in [3.63, 3.8) is 0 Å². The Hall–Kier alpha value is -4.47. The molecule has 0 saturated carbocycles. The van der Waals surface area contributed by atoms with Gasteiger partial charge in [-0.15, -0.1) is 0 Å². The Morgan fingerprint density at radius 2 is 1.13 bits per heavy atom. The van der Waals surface area contributed by atoms with Crippen LogP contribution in [0.2, 0.25) is 0 Å². The van der Waals surface area contributed by atoms with Crippen LogP contribution < -0.4 is 37.0 Å². The zero-order valence-corrected chi connectivity index (χ0v) is 35.2. The molecule has 0 spiro atoms. The summed E-state index contributed by atoms with van der Waals surface area (Å²) in [5.41, 5.74) is 0. The molecule has 0 radical (unpaired) electrons. The number of rotatable bonds is 33. The van der Waals surface area contributed by atoms with Crippen molar-refractivity contribution in [3.05, 3.63) is 0 Å². The first kappa shape index (κ1) is 51.7. The molecule has 2 rings (SSSR count). The van der Waals surface area contributed by atoms with E-state index in [1.54, 1.807) is 0 Å². The van der Waals surface area contributed by atoms with Crippen molar-refractivity contribution < 1.29 is 73.0 Å². The zero-order valence-electron chi connectivity index (χ0n) is 33.5. The molecule has 2 heterocycles. The Morgan fingerprint density at radius 3 is 1.68 bits per heavy atom. The molecule has 4 unspecified atom stereocenters. The summed E-state index contributed by atoms with van der Waals surface area (Å²) in [6.45, 7) is 0.941. The second-order valence-electron chi connectivity index (χ2n) is 14.8. The zero-order chi connectivity index (χ0) is 44.7. The van der Waals surface area contributed by atoms with Crippen LogP contribution in [0.4, 0.5) is 4.79 Å². The molecular formula is C36H60N7O15PS. The number of nitrogens with one attached hydrogen (secondary N) is 7. The number of amides is 6. The number of thioether (sulfide) groups is 1. The van der Waals surface area contributed by atoms with E-state index in [-0.39, 0.29) is 36.3 Å². The third kappa shape index (κ3) is 21.7. The molecule has 0 aromatic rings. The lowest BCUT2D eigenvalue weighted by atomic mass is 10.0. The van der Waals surface area contributed by atoms with Crippen molar-refractivity contribution in [1.82, 2.24) is 37.0 Å². The molecule has 2 fully saturated rings. The van der Waals surface area contributed by atoms with Gasteiger partial charge >= 0.3 is 29.9 Å². The molecule has 0 aliphatic carbocycles. The van der Waals surface area contributed by atoms with E-state index in [4.69, 9.17) is 5.11 Å². The average Bonchev–Trinajstić information content (AvgIpc) is 3.73. The van der Waals surface area contributed by atoms with E-state index in [1.807, 2.05) is 16.8 Å². The van der Waals surface area contributed by atoms with E-state index in [9.17, 15) is 67.9 Å². The lowest BCUT2D eigenvalue weighted by molar-refractivity contribution is -0.143. The van der Waals surface area contributed by atoms with Crippen LogP contribution >= 0.6 is 19.3 Å². The number of carboxylic acids is 4. The number of carbonyl (C=O) groups excluding carboxylic acids is 5. The minimum Gasteiger partial charge on any atom is -0.481 e. The van der Waals surface area contributed by atoms with Crippen molar-refractivity contribution in [2.24, 2.45) is 0 Å². The van der Waals surface area contributed by atoms with Crippen molar-refractivity contribution >= 4 is 72.8 Å². The van der Waals surface area contributed by atoms with Gasteiger partial charge in [0.15, 0.2) is 0 Å². The Kier molecular flexibility index (Phi) is 23.6. The fourth-order valence-electron chi connectivity index (χ4n) is 6.53. The van der Waals surface area contributed by atoms with Gasteiger partial charge in [0.2, 0.25) is 23.6 Å². The third-order valence-electron chi connectivity index (χ3n) is 9.84. The number of hydrogen-bond acceptors (Lipinski definition) is 11. The first-order valence-electron chi connectivity index (χ1n) is 20.2. The average molecular weight is 894 g/mol. The Bertz CT molecular complexity index is 1560. The van der Waals surface area contributed by atoms with Gasteiger partial charge in [-0.3, -0.25) is 33.3 Å². The number of fused-ring (bicyclic) bond motifs is 1. The maximum atomic E-state index is 12.5. The highest BCUT2D eigenvalue weighted by molar-refractivity contribution is 8.00. The normalized spacial score (nSPS) is 19.3. The standard InChI is InChI=1S/C36H60N7O15PS/c44-27(10-3-1-7-18-38-28(45)11-6-5-9-26-32-25(21-60-26)41-36(56)42-32)37-19-8-2-4-12-29(46)39-22(33(50)51)13-15-30(47)40-23(34(52)53)17-20-59(57,58)43-24(35(54)55)14-16-31(48)49/h22-26,32H,1-21H2,(H,37,44)(H,38,45)(H,39,46)(H,40,47)(H,48,49)(H,50,51)(H,52,53)(H,54,55)(H2,41,42,56)(H2,43,57,58)/t22-,23-,24-,25?,26?,32?/m0/s1. The topological polar surface area (TPSA) is 356 Å². The molecule has 2 saturated heterocycles. The SMILES string of the molecule is O=C(O)CC[C@H](NP(=O)(O)CC[C@H](NC(=O)CC[C@H](NC(=O)CCCCCNC(=O)CCCCCNC(=O)CCCCC1SCC2NC(=O)NC21)C(=O)O)C(=O)O)C(=O)O. The van der Waals surface area contributed by atoms with Gasteiger partial charge in [-0.25, -0.2) is 19.5 Å². The van der Waals surface area contributed by atoms with E-state index < -0.39 is 99.6 Å². The third-order valence-corrected chi connectivity index (χ3v) is 12.9. The number of hydrogen-bond donors (Lipinski definition) is 12. The van der Waals surface area contributed by atoms with Crippen LogP contribution in [0, 0.1) is 0 Å². The quantitative estimate of drug-likeness (QED) is 0.0242. The molecule has 22 nitrogen and oxygen atoms in total. The van der Waals surface area contributed by atoms with E-state index in [0.29, 0.717) is 56.9 Å². The van der Waals surface area contributed by atoms with Crippen molar-refractivity contribution in [2.45, 2.75) is 145 Å². The summed E-state index contributed by atoms with van der Waals surface area (Å²) >= 11 is 1.86. The second-order valence-corrected chi connectivity index (χ2v) is 18.2. The number of unbranched alkanes of at least 4 members (excludes halogenated alkanes) is 5. The lowest BCUT2D eigenvalue weighted by Crippen LogP contribution is -2.44. The fourth-order valence-corrected chi connectivity index (χ4v) is 9.53. The molecular weight excluding hydrogens is 833 g/mol. The molecule has 0 aromatic carbocycles. The minimum atomic E-state index is -4.50. The highest BCUT2D eigenvalue weighted by atomic mass is 32.2. The van der Waals surface area contributed by atoms with Crippen molar-refractivity contribution in [1.29, 1.82) is 0 Å². The summed E-state index contributed by atoms with van der Waals surface area (Å²) in [4.78, 5) is 116. The van der Waals surface area contributed by atoms with E-state index >= 15 is 0 Å². The summed E-state index contributed by atoms with van der Waals surface area (Å²) in [7, 11) is -4.50. The van der Waals surface area contributed by atoms with Crippen molar-refractivity contribution in [3.8, 4) is 0 Å². The first-order valence-corrected chi connectivity index (χ1v) is 23.1. The second kappa shape index (κ2) is 27.4. The molecule has 0 bridgehead atoms. The van der Waals surface area contributed by atoms with Crippen LogP contribution in [0.15, 0.2) is 0 Å². The van der Waals surface area contributed by atoms with Gasteiger partial charge in [0.25, 0.3) is 7.52 Å². The van der Waals surface area contributed by atoms with E-state index in [2.05, 4.69) is 31.9 Å². The summed E-state index contributed by atoms with van der Waals surface area (Å²) in [6.07, 6.45) is 3.72. The maximum absolute atomic E-state index is 12.5. The summed E-state index contributed by atoms with van der Waals surface area (Å²) in [6, 6.07) is -4.61. The lowest BCUT2D eigenvalue weighted by Gasteiger charge is -2.21. The van der Waals surface area contributed by atoms with E-state index in [1.165, 1.54) is 0 Å². The smallest absolute Gasteiger partial charge is 0.326 e. The Labute approximate surface area is 351 Å². The Morgan fingerprint density at radius 1 is 0.633 bits per heavy atom. The van der Waals surface area contributed by atoms with Gasteiger partial charge in [-0.2, -0.15) is 11.8 Å². The first-order chi connectivity index (χ1) is 28.4. The van der Waals surface area contributed by atoms with Gasteiger partial charge in [0.1, 0.15) is 18.1 Å². The molecule has 0 aromatic heterocycles. The van der Waals surface area contributed by atoms with Gasteiger partial charge in [-0.05, 0) is 57.8 Å². The molecule has 24 heteroatoms. The molecule has 6 amide bonds.